The van der Waals surface area contributed by atoms with Gasteiger partial charge in [0.15, 0.2) is 0 Å². The molecule has 0 aromatic heterocycles. The Morgan fingerprint density at radius 2 is 1.90 bits per heavy atom. The van der Waals surface area contributed by atoms with Crippen molar-refractivity contribution >= 4 is 15.9 Å². The summed E-state index contributed by atoms with van der Waals surface area (Å²) < 4.78 is 7.55. The molecule has 110 valence electrons. The van der Waals surface area contributed by atoms with Crippen LogP contribution in [0, 0.1) is 0 Å². The summed E-state index contributed by atoms with van der Waals surface area (Å²) in [5, 5.41) is 0. The van der Waals surface area contributed by atoms with Crippen LogP contribution in [-0.2, 0) is 4.74 Å². The molecule has 1 heterocycles. The highest BCUT2D eigenvalue weighted by Gasteiger charge is 2.42. The van der Waals surface area contributed by atoms with Gasteiger partial charge in [0.05, 0.1) is 11.7 Å². The monoisotopic (exact) mass is 337 g/mol. The van der Waals surface area contributed by atoms with Crippen molar-refractivity contribution in [1.82, 2.24) is 0 Å². The zero-order chi connectivity index (χ0) is 14.0. The fourth-order valence-electron chi connectivity index (χ4n) is 3.87. The Kier molecular flexibility index (Phi) is 4.49. The summed E-state index contributed by atoms with van der Waals surface area (Å²) in [7, 11) is 0. The van der Waals surface area contributed by atoms with Crippen LogP contribution in [0.2, 0.25) is 0 Å². The molecule has 2 nitrogen and oxygen atoms in total. The van der Waals surface area contributed by atoms with Crippen molar-refractivity contribution in [3.63, 3.8) is 0 Å². The van der Waals surface area contributed by atoms with Crippen LogP contribution >= 0.6 is 15.9 Å². The molecular weight excluding hydrogens is 314 g/mol. The first-order valence-corrected chi connectivity index (χ1v) is 8.63. The van der Waals surface area contributed by atoms with Gasteiger partial charge in [0.2, 0.25) is 0 Å². The predicted molar refractivity (Wildman–Crippen MR) is 85.9 cm³/mol. The molecule has 1 aromatic carbocycles. The number of nitrogens with two attached hydrogens (primary N) is 1. The van der Waals surface area contributed by atoms with Gasteiger partial charge in [-0.2, -0.15) is 0 Å². The van der Waals surface area contributed by atoms with Crippen molar-refractivity contribution in [1.29, 1.82) is 0 Å². The third-order valence-corrected chi connectivity index (χ3v) is 5.56. The van der Waals surface area contributed by atoms with E-state index in [1.165, 1.54) is 44.1 Å². The molecule has 2 atom stereocenters. The van der Waals surface area contributed by atoms with E-state index in [4.69, 9.17) is 10.5 Å². The molecule has 3 rings (SSSR count). The maximum absolute atomic E-state index is 6.42. The van der Waals surface area contributed by atoms with Gasteiger partial charge in [0.1, 0.15) is 0 Å². The minimum Gasteiger partial charge on any atom is -0.372 e. The summed E-state index contributed by atoms with van der Waals surface area (Å²) in [5.74, 6) is 0.421. The van der Waals surface area contributed by atoms with Crippen LogP contribution in [0.4, 0.5) is 0 Å². The lowest BCUT2D eigenvalue weighted by Gasteiger charge is -2.25. The largest absolute Gasteiger partial charge is 0.372 e. The Morgan fingerprint density at radius 1 is 1.20 bits per heavy atom. The molecular formula is C17H24BrNO. The van der Waals surface area contributed by atoms with Gasteiger partial charge in [-0.15, -0.1) is 0 Å². The lowest BCUT2D eigenvalue weighted by atomic mass is 9.91. The van der Waals surface area contributed by atoms with Crippen molar-refractivity contribution in [2.45, 2.75) is 62.6 Å². The normalized spacial score (nSPS) is 26.2. The maximum atomic E-state index is 6.42. The van der Waals surface area contributed by atoms with Gasteiger partial charge in [0.25, 0.3) is 0 Å². The molecule has 2 unspecified atom stereocenters. The molecule has 2 N–H and O–H groups in total. The van der Waals surface area contributed by atoms with Gasteiger partial charge in [-0.3, -0.25) is 0 Å². The maximum Gasteiger partial charge on any atom is 0.0687 e. The first-order chi connectivity index (χ1) is 9.71. The number of hydrogen-bond donors (Lipinski definition) is 1. The average molecular weight is 338 g/mol. The van der Waals surface area contributed by atoms with Gasteiger partial charge in [-0.1, -0.05) is 40.9 Å². The Labute approximate surface area is 130 Å². The summed E-state index contributed by atoms with van der Waals surface area (Å²) in [5.41, 5.74) is 7.58. The Bertz CT molecular complexity index is 439. The van der Waals surface area contributed by atoms with Gasteiger partial charge < -0.3 is 10.5 Å². The standard InChI is InChI=1S/C17H24BrNO/c18-15-5-3-13(4-6-15)14(12-19)11-16-7-10-17(20-16)8-1-2-9-17/h3-6,14,16H,1-2,7-12,19H2. The fourth-order valence-corrected chi connectivity index (χ4v) is 4.13. The molecule has 3 heteroatoms. The summed E-state index contributed by atoms with van der Waals surface area (Å²) >= 11 is 3.49. The van der Waals surface area contributed by atoms with Crippen LogP contribution in [-0.4, -0.2) is 18.2 Å². The smallest absolute Gasteiger partial charge is 0.0687 e. The van der Waals surface area contributed by atoms with Crippen LogP contribution in [0.25, 0.3) is 0 Å². The van der Waals surface area contributed by atoms with E-state index in [2.05, 4.69) is 40.2 Å². The third-order valence-electron chi connectivity index (χ3n) is 5.03. The number of halogens is 1. The second-order valence-electron chi connectivity index (χ2n) is 6.39. The van der Waals surface area contributed by atoms with Gasteiger partial charge >= 0.3 is 0 Å². The average Bonchev–Trinajstić information content (AvgIpc) is 3.08. The van der Waals surface area contributed by atoms with E-state index in [0.29, 0.717) is 18.6 Å². The SMILES string of the molecule is NCC(CC1CCC2(CCCC2)O1)c1ccc(Br)cc1. The van der Waals surface area contributed by atoms with E-state index >= 15 is 0 Å². The second-order valence-corrected chi connectivity index (χ2v) is 7.30. The van der Waals surface area contributed by atoms with Crippen molar-refractivity contribution < 1.29 is 4.74 Å². The van der Waals surface area contributed by atoms with Gasteiger partial charge in [-0.05, 0) is 62.3 Å². The molecule has 0 amide bonds. The Balaban J connectivity index is 1.62. The topological polar surface area (TPSA) is 35.2 Å². The third kappa shape index (κ3) is 3.10. The summed E-state index contributed by atoms with van der Waals surface area (Å²) in [6, 6.07) is 8.57. The predicted octanol–water partition coefficient (Wildman–Crippen LogP) is 4.37. The summed E-state index contributed by atoms with van der Waals surface area (Å²) in [6.07, 6.45) is 9.19. The fraction of sp³-hybridized carbons (Fsp3) is 0.647. The first-order valence-electron chi connectivity index (χ1n) is 7.84. The highest BCUT2D eigenvalue weighted by atomic mass is 79.9. The van der Waals surface area contributed by atoms with E-state index in [-0.39, 0.29) is 5.60 Å². The lowest BCUT2D eigenvalue weighted by Crippen LogP contribution is -2.26. The lowest BCUT2D eigenvalue weighted by molar-refractivity contribution is -0.0408. The van der Waals surface area contributed by atoms with Crippen LogP contribution in [0.15, 0.2) is 28.7 Å². The van der Waals surface area contributed by atoms with E-state index in [1.807, 2.05) is 0 Å². The van der Waals surface area contributed by atoms with E-state index in [9.17, 15) is 0 Å². The van der Waals surface area contributed by atoms with Gasteiger partial charge in [-0.25, -0.2) is 0 Å². The molecule has 20 heavy (non-hydrogen) atoms. The number of hydrogen-bond acceptors (Lipinski definition) is 2. The molecule has 1 aliphatic heterocycles. The highest BCUT2D eigenvalue weighted by Crippen LogP contribution is 2.45. The molecule has 1 saturated carbocycles. The van der Waals surface area contributed by atoms with Crippen LogP contribution < -0.4 is 5.73 Å². The summed E-state index contributed by atoms with van der Waals surface area (Å²) in [4.78, 5) is 0. The minimum absolute atomic E-state index is 0.240. The zero-order valence-electron chi connectivity index (χ0n) is 12.0. The highest BCUT2D eigenvalue weighted by molar-refractivity contribution is 9.10. The quantitative estimate of drug-likeness (QED) is 0.885. The van der Waals surface area contributed by atoms with E-state index in [1.54, 1.807) is 0 Å². The molecule has 1 aliphatic carbocycles. The van der Waals surface area contributed by atoms with Crippen molar-refractivity contribution in [2.24, 2.45) is 5.73 Å². The molecule has 2 fully saturated rings. The molecule has 1 spiro atoms. The number of benzene rings is 1. The first kappa shape index (κ1) is 14.6. The molecule has 1 saturated heterocycles. The van der Waals surface area contributed by atoms with Crippen LogP contribution in [0.1, 0.15) is 56.4 Å². The zero-order valence-corrected chi connectivity index (χ0v) is 13.6. The van der Waals surface area contributed by atoms with Crippen LogP contribution in [0.5, 0.6) is 0 Å². The molecule has 2 aliphatic rings. The van der Waals surface area contributed by atoms with Crippen LogP contribution in [0.3, 0.4) is 0 Å². The summed E-state index contributed by atoms with van der Waals surface area (Å²) in [6.45, 7) is 0.703. The van der Waals surface area contributed by atoms with Crippen molar-refractivity contribution in [3.8, 4) is 0 Å². The van der Waals surface area contributed by atoms with E-state index < -0.39 is 0 Å². The number of ether oxygens (including phenoxy) is 1. The molecule has 1 aromatic rings. The number of rotatable bonds is 4. The van der Waals surface area contributed by atoms with Gasteiger partial charge in [0, 0.05) is 4.47 Å². The Morgan fingerprint density at radius 3 is 2.55 bits per heavy atom. The molecule has 0 radical (unpaired) electrons. The van der Waals surface area contributed by atoms with Crippen molar-refractivity contribution in [3.05, 3.63) is 34.3 Å². The Hall–Kier alpha value is -0.380. The van der Waals surface area contributed by atoms with Crippen molar-refractivity contribution in [2.75, 3.05) is 6.54 Å². The second kappa shape index (κ2) is 6.17. The molecule has 0 bridgehead atoms. The van der Waals surface area contributed by atoms with E-state index in [0.717, 1.165) is 10.9 Å². The minimum atomic E-state index is 0.240.